The van der Waals surface area contributed by atoms with Gasteiger partial charge in [-0.2, -0.15) is 12.8 Å². The average Bonchev–Trinajstić information content (AvgIpc) is 3.29. The van der Waals surface area contributed by atoms with Crippen LogP contribution in [0.4, 0.5) is 0 Å². The number of nitrogens with zero attached hydrogens (tertiary/aromatic N) is 1. The van der Waals surface area contributed by atoms with Gasteiger partial charge in [0.05, 0.1) is 5.54 Å². The van der Waals surface area contributed by atoms with Crippen molar-refractivity contribution in [1.29, 1.82) is 0 Å². The summed E-state index contributed by atoms with van der Waals surface area (Å²) < 4.78 is 25.9. The SMILES string of the molecule is CC(C)CCCC1(N=S(=O)=O)CC1c1ccccc1.CNC(=S)NC=O. The van der Waals surface area contributed by atoms with Gasteiger partial charge in [0.1, 0.15) is 0 Å². The van der Waals surface area contributed by atoms with Gasteiger partial charge in [0.15, 0.2) is 5.11 Å². The third-order valence-electron chi connectivity index (χ3n) is 4.31. The zero-order valence-electron chi connectivity index (χ0n) is 15.4. The minimum Gasteiger partial charge on any atom is -0.365 e. The van der Waals surface area contributed by atoms with E-state index in [-0.39, 0.29) is 11.5 Å². The van der Waals surface area contributed by atoms with Crippen molar-refractivity contribution in [3.8, 4) is 0 Å². The normalized spacial score (nSPS) is 20.4. The van der Waals surface area contributed by atoms with Crippen molar-refractivity contribution >= 4 is 34.2 Å². The van der Waals surface area contributed by atoms with E-state index in [1.54, 1.807) is 7.05 Å². The van der Waals surface area contributed by atoms with Gasteiger partial charge < -0.3 is 10.6 Å². The molecule has 2 rings (SSSR count). The van der Waals surface area contributed by atoms with Crippen LogP contribution < -0.4 is 10.6 Å². The average molecular weight is 398 g/mol. The topological polar surface area (TPSA) is 87.6 Å². The molecule has 2 unspecified atom stereocenters. The molecule has 2 atom stereocenters. The number of hydrogen-bond donors (Lipinski definition) is 2. The Balaban J connectivity index is 0.000000412. The maximum atomic E-state index is 11.0. The summed E-state index contributed by atoms with van der Waals surface area (Å²) in [6.07, 6.45) is 4.44. The molecule has 0 aromatic heterocycles. The van der Waals surface area contributed by atoms with Crippen LogP contribution >= 0.6 is 12.2 Å². The lowest BCUT2D eigenvalue weighted by Crippen LogP contribution is -2.30. The molecule has 0 radical (unpaired) electrons. The molecule has 1 fully saturated rings. The molecule has 1 aliphatic rings. The second-order valence-electron chi connectivity index (χ2n) is 6.71. The fourth-order valence-electron chi connectivity index (χ4n) is 2.92. The number of benzene rings is 1. The summed E-state index contributed by atoms with van der Waals surface area (Å²) in [6.45, 7) is 4.38. The molecule has 144 valence electrons. The predicted octanol–water partition coefficient (Wildman–Crippen LogP) is 3.04. The third kappa shape index (κ3) is 7.61. The Bertz CT molecular complexity index is 712. The number of amides is 1. The van der Waals surface area contributed by atoms with Crippen molar-refractivity contribution in [2.24, 2.45) is 10.3 Å². The standard InChI is InChI=1S/C15H21NO2S.C3H6N2OS/c1-12(2)7-6-10-15(16-19(17)18)11-14(15)13-8-4-3-5-9-13;1-4-3(7)5-2-6/h3-5,8-9,12,14H,6-7,10-11H2,1-2H3;2H,1H3,(H2,4,5,6,7). The molecule has 1 saturated carbocycles. The summed E-state index contributed by atoms with van der Waals surface area (Å²) in [5.74, 6) is 0.933. The van der Waals surface area contributed by atoms with E-state index in [0.717, 1.165) is 25.7 Å². The molecule has 1 aliphatic carbocycles. The number of nitrogens with one attached hydrogen (secondary N) is 2. The Morgan fingerprint density at radius 2 is 2.04 bits per heavy atom. The third-order valence-corrected chi connectivity index (χ3v) is 5.15. The van der Waals surface area contributed by atoms with Gasteiger partial charge in [-0.05, 0) is 36.5 Å². The van der Waals surface area contributed by atoms with E-state index in [9.17, 15) is 13.2 Å². The molecule has 0 saturated heterocycles. The fourth-order valence-corrected chi connectivity index (χ4v) is 3.56. The first-order valence-corrected chi connectivity index (χ1v) is 10.1. The molecule has 1 amide bonds. The Hall–Kier alpha value is -1.80. The minimum absolute atomic E-state index is 0.277. The van der Waals surface area contributed by atoms with Crippen LogP contribution in [0.2, 0.25) is 0 Å². The molecule has 0 bridgehead atoms. The summed E-state index contributed by atoms with van der Waals surface area (Å²) in [7, 11) is -0.668. The molecule has 8 heteroatoms. The van der Waals surface area contributed by atoms with Gasteiger partial charge in [-0.1, -0.05) is 57.0 Å². The van der Waals surface area contributed by atoms with E-state index < -0.39 is 10.5 Å². The van der Waals surface area contributed by atoms with Crippen LogP contribution in [0.1, 0.15) is 51.0 Å². The van der Waals surface area contributed by atoms with Crippen LogP contribution in [0.15, 0.2) is 34.7 Å². The number of hydrogen-bond acceptors (Lipinski definition) is 5. The minimum atomic E-state index is -2.31. The maximum Gasteiger partial charge on any atom is 0.311 e. The summed E-state index contributed by atoms with van der Waals surface area (Å²) in [4.78, 5) is 9.54. The fraction of sp³-hybridized carbons (Fsp3) is 0.556. The first-order chi connectivity index (χ1) is 12.3. The van der Waals surface area contributed by atoms with Crippen molar-refractivity contribution < 1.29 is 13.2 Å². The number of thiocarbonyl (C=S) groups is 1. The van der Waals surface area contributed by atoms with Gasteiger partial charge in [0, 0.05) is 13.0 Å². The maximum absolute atomic E-state index is 11.0. The zero-order chi connectivity index (χ0) is 19.6. The van der Waals surface area contributed by atoms with E-state index in [1.165, 1.54) is 5.56 Å². The van der Waals surface area contributed by atoms with Crippen molar-refractivity contribution in [2.45, 2.75) is 51.0 Å². The second kappa shape index (κ2) is 11.0. The Labute approximate surface area is 162 Å². The second-order valence-corrected chi connectivity index (χ2v) is 7.73. The van der Waals surface area contributed by atoms with E-state index in [0.29, 0.717) is 17.4 Å². The molecule has 0 spiro atoms. The molecular weight excluding hydrogens is 370 g/mol. The van der Waals surface area contributed by atoms with Crippen LogP contribution in [0, 0.1) is 5.92 Å². The van der Waals surface area contributed by atoms with Gasteiger partial charge in [-0.15, -0.1) is 0 Å². The molecule has 1 aromatic carbocycles. The van der Waals surface area contributed by atoms with Crippen LogP contribution in [-0.4, -0.2) is 32.5 Å². The quantitative estimate of drug-likeness (QED) is 0.545. The van der Waals surface area contributed by atoms with Crippen molar-refractivity contribution in [3.63, 3.8) is 0 Å². The van der Waals surface area contributed by atoms with Crippen molar-refractivity contribution in [3.05, 3.63) is 35.9 Å². The largest absolute Gasteiger partial charge is 0.365 e. The van der Waals surface area contributed by atoms with E-state index in [4.69, 9.17) is 0 Å². The van der Waals surface area contributed by atoms with Crippen molar-refractivity contribution in [1.82, 2.24) is 10.6 Å². The lowest BCUT2D eigenvalue weighted by atomic mass is 9.99. The summed E-state index contributed by atoms with van der Waals surface area (Å²) in [6, 6.07) is 10.1. The number of rotatable bonds is 7. The van der Waals surface area contributed by atoms with Gasteiger partial charge in [-0.3, -0.25) is 4.79 Å². The van der Waals surface area contributed by atoms with E-state index >= 15 is 0 Å². The highest BCUT2D eigenvalue weighted by atomic mass is 32.2. The molecular formula is C18H27N3O3S2. The summed E-state index contributed by atoms with van der Waals surface area (Å²) in [5.41, 5.74) is 0.851. The van der Waals surface area contributed by atoms with Gasteiger partial charge >= 0.3 is 10.5 Å². The lowest BCUT2D eigenvalue weighted by Gasteiger charge is -2.11. The first-order valence-electron chi connectivity index (χ1n) is 8.63. The summed E-state index contributed by atoms with van der Waals surface area (Å²) in [5, 5.41) is 5.13. The molecule has 0 heterocycles. The predicted molar refractivity (Wildman–Crippen MR) is 107 cm³/mol. The van der Waals surface area contributed by atoms with Crippen LogP contribution in [0.25, 0.3) is 0 Å². The highest BCUT2D eigenvalue weighted by Crippen LogP contribution is 2.57. The zero-order valence-corrected chi connectivity index (χ0v) is 17.1. The van der Waals surface area contributed by atoms with Gasteiger partial charge in [0.25, 0.3) is 0 Å². The van der Waals surface area contributed by atoms with Gasteiger partial charge in [-0.25, -0.2) is 0 Å². The molecule has 0 aliphatic heterocycles. The van der Waals surface area contributed by atoms with Crippen LogP contribution in [-0.2, 0) is 15.3 Å². The van der Waals surface area contributed by atoms with Crippen LogP contribution in [0.5, 0.6) is 0 Å². The number of carbonyl (C=O) groups is 1. The number of carbonyl (C=O) groups excluding carboxylic acids is 1. The van der Waals surface area contributed by atoms with Crippen LogP contribution in [0.3, 0.4) is 0 Å². The Kier molecular flexibility index (Phi) is 9.43. The summed E-state index contributed by atoms with van der Waals surface area (Å²) >= 11 is 4.50. The first kappa shape index (κ1) is 22.2. The Morgan fingerprint density at radius 3 is 2.50 bits per heavy atom. The van der Waals surface area contributed by atoms with E-state index in [1.807, 2.05) is 18.2 Å². The highest BCUT2D eigenvalue weighted by Gasteiger charge is 2.55. The highest BCUT2D eigenvalue weighted by molar-refractivity contribution is 7.80. The molecule has 1 aromatic rings. The van der Waals surface area contributed by atoms with Gasteiger partial charge in [0.2, 0.25) is 6.41 Å². The lowest BCUT2D eigenvalue weighted by molar-refractivity contribution is -0.108. The van der Waals surface area contributed by atoms with E-state index in [2.05, 4.69) is 53.2 Å². The molecule has 2 N–H and O–H groups in total. The Morgan fingerprint density at radius 1 is 1.38 bits per heavy atom. The molecule has 26 heavy (non-hydrogen) atoms. The monoisotopic (exact) mass is 397 g/mol. The van der Waals surface area contributed by atoms with Crippen molar-refractivity contribution in [2.75, 3.05) is 7.05 Å². The molecule has 6 nitrogen and oxygen atoms in total. The smallest absolute Gasteiger partial charge is 0.311 e.